The zero-order valence-electron chi connectivity index (χ0n) is 13.6. The van der Waals surface area contributed by atoms with Crippen molar-refractivity contribution in [3.05, 3.63) is 22.8 Å². The number of thiophene rings is 1. The van der Waals surface area contributed by atoms with Crippen LogP contribution in [0.25, 0.3) is 10.1 Å². The lowest BCUT2D eigenvalue weighted by Gasteiger charge is -2.32. The number of ketones is 1. The summed E-state index contributed by atoms with van der Waals surface area (Å²) in [4.78, 5) is 24.8. The van der Waals surface area contributed by atoms with E-state index in [0.29, 0.717) is 27.8 Å². The highest BCUT2D eigenvalue weighted by Gasteiger charge is 2.42. The Labute approximate surface area is 142 Å². The van der Waals surface area contributed by atoms with Crippen molar-refractivity contribution in [2.45, 2.75) is 12.8 Å². The molecular weight excluding hydrogens is 335 g/mol. The van der Waals surface area contributed by atoms with Gasteiger partial charge >= 0.3 is 5.97 Å². The normalized spacial score (nSPS) is 19.7. The molecular formula is C17H17FO5S. The second kappa shape index (κ2) is 6.39. The van der Waals surface area contributed by atoms with Crippen LogP contribution in [0.4, 0.5) is 4.39 Å². The van der Waals surface area contributed by atoms with Crippen molar-refractivity contribution < 1.29 is 28.2 Å². The third kappa shape index (κ3) is 2.53. The number of carbonyl (C=O) groups is 2. The Hall–Kier alpha value is -2.15. The van der Waals surface area contributed by atoms with Gasteiger partial charge in [-0.25, -0.2) is 4.39 Å². The molecule has 0 amide bonds. The average molecular weight is 352 g/mol. The molecule has 24 heavy (non-hydrogen) atoms. The lowest BCUT2D eigenvalue weighted by molar-refractivity contribution is -0.150. The Kier molecular flexibility index (Phi) is 4.45. The lowest BCUT2D eigenvalue weighted by atomic mass is 9.71. The molecule has 128 valence electrons. The molecule has 0 spiro atoms. The Morgan fingerprint density at radius 1 is 1.12 bits per heavy atom. The van der Waals surface area contributed by atoms with Crippen molar-refractivity contribution in [3.8, 4) is 11.5 Å². The molecule has 0 bridgehead atoms. The minimum Gasteiger partial charge on any atom is -0.493 e. The molecule has 0 unspecified atom stereocenters. The number of fused-ring (bicyclic) bond motifs is 1. The molecule has 2 aromatic rings. The van der Waals surface area contributed by atoms with Crippen molar-refractivity contribution in [1.29, 1.82) is 0 Å². The average Bonchev–Trinajstić information content (AvgIpc) is 2.97. The minimum atomic E-state index is -0.555. The molecule has 1 aromatic heterocycles. The van der Waals surface area contributed by atoms with E-state index in [1.165, 1.54) is 38.7 Å². The second-order valence-corrected chi connectivity index (χ2v) is 6.71. The maximum absolute atomic E-state index is 14.6. The Morgan fingerprint density at radius 2 is 1.83 bits per heavy atom. The van der Waals surface area contributed by atoms with Gasteiger partial charge in [-0.3, -0.25) is 9.59 Å². The molecule has 7 heteroatoms. The number of esters is 1. The van der Waals surface area contributed by atoms with Crippen molar-refractivity contribution in [1.82, 2.24) is 0 Å². The third-order valence-electron chi connectivity index (χ3n) is 4.46. The van der Waals surface area contributed by atoms with Crippen LogP contribution >= 0.6 is 11.3 Å². The van der Waals surface area contributed by atoms with Crippen LogP contribution in [0.1, 0.15) is 22.5 Å². The second-order valence-electron chi connectivity index (χ2n) is 5.63. The fraction of sp³-hybridized carbons (Fsp3) is 0.412. The minimum absolute atomic E-state index is 0.0119. The van der Waals surface area contributed by atoms with Gasteiger partial charge in [0.1, 0.15) is 0 Å². The summed E-state index contributed by atoms with van der Waals surface area (Å²) in [6.45, 7) is 0. The first-order valence-electron chi connectivity index (χ1n) is 7.47. The fourth-order valence-electron chi connectivity index (χ4n) is 2.99. The molecule has 1 fully saturated rings. The maximum atomic E-state index is 14.6. The van der Waals surface area contributed by atoms with Gasteiger partial charge in [-0.05, 0) is 18.9 Å². The molecule has 0 radical (unpaired) electrons. The van der Waals surface area contributed by atoms with Crippen molar-refractivity contribution in [2.75, 3.05) is 21.3 Å². The van der Waals surface area contributed by atoms with Crippen molar-refractivity contribution >= 4 is 33.2 Å². The molecule has 1 aliphatic rings. The summed E-state index contributed by atoms with van der Waals surface area (Å²) < 4.78 is 30.1. The molecule has 0 saturated heterocycles. The van der Waals surface area contributed by atoms with Crippen molar-refractivity contribution in [2.24, 2.45) is 11.8 Å². The molecule has 1 aromatic carbocycles. The van der Waals surface area contributed by atoms with Gasteiger partial charge in [0.2, 0.25) is 0 Å². The van der Waals surface area contributed by atoms with Crippen LogP contribution in [-0.4, -0.2) is 33.1 Å². The first-order chi connectivity index (χ1) is 11.5. The number of hydrogen-bond donors (Lipinski definition) is 0. The van der Waals surface area contributed by atoms with Crippen LogP contribution in [0.3, 0.4) is 0 Å². The van der Waals surface area contributed by atoms with Gasteiger partial charge in [0.15, 0.2) is 23.1 Å². The maximum Gasteiger partial charge on any atom is 0.309 e. The molecule has 2 atom stereocenters. The summed E-state index contributed by atoms with van der Waals surface area (Å²) >= 11 is 1.19. The molecule has 3 rings (SSSR count). The Balaban J connectivity index is 1.98. The van der Waals surface area contributed by atoms with E-state index in [2.05, 4.69) is 0 Å². The van der Waals surface area contributed by atoms with E-state index in [1.54, 1.807) is 6.07 Å². The summed E-state index contributed by atoms with van der Waals surface area (Å²) in [6, 6.07) is 3.17. The summed E-state index contributed by atoms with van der Waals surface area (Å²) in [5, 5.41) is 0.315. The van der Waals surface area contributed by atoms with Crippen LogP contribution in [0.2, 0.25) is 0 Å². The van der Waals surface area contributed by atoms with E-state index in [4.69, 9.17) is 14.2 Å². The van der Waals surface area contributed by atoms with Crippen LogP contribution in [-0.2, 0) is 9.53 Å². The van der Waals surface area contributed by atoms with Crippen LogP contribution in [0.15, 0.2) is 12.1 Å². The number of halogens is 1. The number of Topliss-reactive ketones (excluding diaryl/α,β-unsaturated/α-hetero) is 1. The molecule has 1 aliphatic carbocycles. The molecule has 0 aliphatic heterocycles. The highest BCUT2D eigenvalue weighted by molar-refractivity contribution is 7.20. The van der Waals surface area contributed by atoms with E-state index < -0.39 is 17.7 Å². The quantitative estimate of drug-likeness (QED) is 0.609. The number of benzene rings is 1. The number of carbonyl (C=O) groups excluding carboxylic acids is 2. The fourth-order valence-corrected chi connectivity index (χ4v) is 4.08. The van der Waals surface area contributed by atoms with E-state index in [0.717, 1.165) is 0 Å². The SMILES string of the molecule is COC(=O)[C@@H]1CC[C@@H]1C(=O)c1cc2c(F)c(OC)c(OC)cc2s1. The summed E-state index contributed by atoms with van der Waals surface area (Å²) in [5.41, 5.74) is 0. The Bertz CT molecular complexity index is 813. The number of rotatable bonds is 5. The first kappa shape index (κ1) is 16.7. The van der Waals surface area contributed by atoms with Gasteiger partial charge < -0.3 is 14.2 Å². The van der Waals surface area contributed by atoms with Crippen LogP contribution in [0, 0.1) is 17.7 Å². The largest absolute Gasteiger partial charge is 0.493 e. The zero-order valence-corrected chi connectivity index (χ0v) is 14.4. The summed E-state index contributed by atoms with van der Waals surface area (Å²) in [6.07, 6.45) is 1.28. The lowest BCUT2D eigenvalue weighted by Crippen LogP contribution is -2.38. The molecule has 1 saturated carbocycles. The van der Waals surface area contributed by atoms with E-state index in [-0.39, 0.29) is 23.3 Å². The van der Waals surface area contributed by atoms with Crippen molar-refractivity contribution in [3.63, 3.8) is 0 Å². The highest BCUT2D eigenvalue weighted by atomic mass is 32.1. The summed E-state index contributed by atoms with van der Waals surface area (Å²) in [7, 11) is 4.11. The number of ether oxygens (including phenoxy) is 3. The zero-order chi connectivity index (χ0) is 17.4. The standard InChI is InChI=1S/C17H17FO5S/c1-21-11-7-12-10(14(18)16(11)22-2)6-13(24-12)15(19)8-4-5-9(8)17(20)23-3/h6-9H,4-5H2,1-3H3/t8-,9+/m0/s1. The number of methoxy groups -OCH3 is 3. The Morgan fingerprint density at radius 3 is 2.38 bits per heavy atom. The van der Waals surface area contributed by atoms with Gasteiger partial charge in [-0.1, -0.05) is 0 Å². The molecule has 5 nitrogen and oxygen atoms in total. The van der Waals surface area contributed by atoms with Gasteiger partial charge in [0, 0.05) is 22.1 Å². The van der Waals surface area contributed by atoms with Crippen LogP contribution in [0.5, 0.6) is 11.5 Å². The highest BCUT2D eigenvalue weighted by Crippen LogP contribution is 2.43. The smallest absolute Gasteiger partial charge is 0.309 e. The van der Waals surface area contributed by atoms with Crippen LogP contribution < -0.4 is 9.47 Å². The van der Waals surface area contributed by atoms with Gasteiger partial charge in [0.05, 0.1) is 32.1 Å². The topological polar surface area (TPSA) is 61.8 Å². The van der Waals surface area contributed by atoms with E-state index >= 15 is 0 Å². The number of hydrogen-bond acceptors (Lipinski definition) is 6. The monoisotopic (exact) mass is 352 g/mol. The van der Waals surface area contributed by atoms with E-state index in [9.17, 15) is 14.0 Å². The summed E-state index contributed by atoms with van der Waals surface area (Å²) in [5.74, 6) is -1.57. The predicted molar refractivity (Wildman–Crippen MR) is 87.4 cm³/mol. The first-order valence-corrected chi connectivity index (χ1v) is 8.29. The third-order valence-corrected chi connectivity index (χ3v) is 5.56. The molecule has 0 N–H and O–H groups in total. The predicted octanol–water partition coefficient (Wildman–Crippen LogP) is 3.44. The molecule has 1 heterocycles. The van der Waals surface area contributed by atoms with E-state index in [1.807, 2.05) is 0 Å². The van der Waals surface area contributed by atoms with Gasteiger partial charge in [0.25, 0.3) is 0 Å². The van der Waals surface area contributed by atoms with Gasteiger partial charge in [-0.2, -0.15) is 0 Å². The van der Waals surface area contributed by atoms with Gasteiger partial charge in [-0.15, -0.1) is 11.3 Å².